The Bertz CT molecular complexity index is 210. The Hall–Kier alpha value is -0.650. The molecule has 1 unspecified atom stereocenters. The molecule has 1 heterocycles. The molecule has 0 saturated carbocycles. The summed E-state index contributed by atoms with van der Waals surface area (Å²) in [5, 5.41) is 3.29. The SMILES string of the molecule is CCN(C)C(=O)CN1CCNCC1CN. The molecule has 5 nitrogen and oxygen atoms in total. The monoisotopic (exact) mass is 214 g/mol. The summed E-state index contributed by atoms with van der Waals surface area (Å²) in [6.45, 7) is 6.59. The van der Waals surface area contributed by atoms with Gasteiger partial charge in [0.25, 0.3) is 0 Å². The van der Waals surface area contributed by atoms with E-state index in [2.05, 4.69) is 10.2 Å². The fraction of sp³-hybridized carbons (Fsp3) is 0.900. The molecule has 0 radical (unpaired) electrons. The lowest BCUT2D eigenvalue weighted by Gasteiger charge is -2.35. The van der Waals surface area contributed by atoms with Gasteiger partial charge in [-0.3, -0.25) is 9.69 Å². The van der Waals surface area contributed by atoms with Crippen LogP contribution in [-0.4, -0.2) is 68.1 Å². The van der Waals surface area contributed by atoms with Crippen LogP contribution in [0.2, 0.25) is 0 Å². The van der Waals surface area contributed by atoms with Crippen LogP contribution >= 0.6 is 0 Å². The quantitative estimate of drug-likeness (QED) is 0.610. The van der Waals surface area contributed by atoms with E-state index in [0.717, 1.165) is 26.2 Å². The molecule has 0 aromatic rings. The minimum atomic E-state index is 0.179. The molecule has 5 heteroatoms. The third kappa shape index (κ3) is 3.44. The number of nitrogens with one attached hydrogen (secondary N) is 1. The Balaban J connectivity index is 2.44. The summed E-state index contributed by atoms with van der Waals surface area (Å²) in [6, 6.07) is 0.299. The standard InChI is InChI=1S/C10H22N4O/c1-3-13(2)10(15)8-14-5-4-12-7-9(14)6-11/h9,12H,3-8,11H2,1-2H3. The number of nitrogens with two attached hydrogens (primary N) is 1. The second kappa shape index (κ2) is 6.05. The second-order valence-corrected chi connectivity index (χ2v) is 3.97. The summed E-state index contributed by atoms with van der Waals surface area (Å²) in [5.74, 6) is 0.179. The molecule has 3 N–H and O–H groups in total. The molecule has 88 valence electrons. The third-order valence-electron chi connectivity index (χ3n) is 2.98. The Labute approximate surface area is 91.6 Å². The van der Waals surface area contributed by atoms with Crippen molar-refractivity contribution in [1.29, 1.82) is 0 Å². The van der Waals surface area contributed by atoms with Gasteiger partial charge in [0.2, 0.25) is 5.91 Å². The van der Waals surface area contributed by atoms with E-state index in [1.54, 1.807) is 4.90 Å². The lowest BCUT2D eigenvalue weighted by atomic mass is 10.2. The van der Waals surface area contributed by atoms with Crippen molar-refractivity contribution in [1.82, 2.24) is 15.1 Å². The summed E-state index contributed by atoms with van der Waals surface area (Å²) < 4.78 is 0. The summed E-state index contributed by atoms with van der Waals surface area (Å²) >= 11 is 0. The average molecular weight is 214 g/mol. The lowest BCUT2D eigenvalue weighted by Crippen LogP contribution is -2.56. The zero-order valence-electron chi connectivity index (χ0n) is 9.70. The number of amides is 1. The van der Waals surface area contributed by atoms with Gasteiger partial charge in [-0.25, -0.2) is 0 Å². The minimum absolute atomic E-state index is 0.179. The van der Waals surface area contributed by atoms with Crippen molar-refractivity contribution < 1.29 is 4.79 Å². The maximum atomic E-state index is 11.7. The molecule has 1 atom stereocenters. The Morgan fingerprint density at radius 2 is 2.40 bits per heavy atom. The zero-order valence-corrected chi connectivity index (χ0v) is 9.70. The topological polar surface area (TPSA) is 61.6 Å². The highest BCUT2D eigenvalue weighted by molar-refractivity contribution is 5.78. The van der Waals surface area contributed by atoms with Gasteiger partial charge in [0, 0.05) is 45.8 Å². The highest BCUT2D eigenvalue weighted by atomic mass is 16.2. The fourth-order valence-corrected chi connectivity index (χ4v) is 1.71. The van der Waals surface area contributed by atoms with E-state index in [1.807, 2.05) is 14.0 Å². The van der Waals surface area contributed by atoms with Gasteiger partial charge < -0.3 is 16.0 Å². The van der Waals surface area contributed by atoms with Crippen LogP contribution in [0.25, 0.3) is 0 Å². The van der Waals surface area contributed by atoms with E-state index in [0.29, 0.717) is 19.1 Å². The zero-order chi connectivity index (χ0) is 11.3. The number of carbonyl (C=O) groups excluding carboxylic acids is 1. The maximum absolute atomic E-state index is 11.7. The van der Waals surface area contributed by atoms with Crippen LogP contribution in [0, 0.1) is 0 Å². The van der Waals surface area contributed by atoms with Gasteiger partial charge in [0.1, 0.15) is 0 Å². The molecule has 1 aliphatic rings. The summed E-state index contributed by atoms with van der Waals surface area (Å²) in [5.41, 5.74) is 5.67. The van der Waals surface area contributed by atoms with Crippen molar-refractivity contribution >= 4 is 5.91 Å². The van der Waals surface area contributed by atoms with Crippen LogP contribution in [0.1, 0.15) is 6.92 Å². The van der Waals surface area contributed by atoms with E-state index in [1.165, 1.54) is 0 Å². The summed E-state index contributed by atoms with van der Waals surface area (Å²) in [6.07, 6.45) is 0. The first-order valence-corrected chi connectivity index (χ1v) is 5.57. The molecule has 0 aromatic carbocycles. The van der Waals surface area contributed by atoms with Gasteiger partial charge >= 0.3 is 0 Å². The first-order valence-electron chi connectivity index (χ1n) is 5.57. The van der Waals surface area contributed by atoms with Gasteiger partial charge in [0.15, 0.2) is 0 Å². The number of hydrogen-bond acceptors (Lipinski definition) is 4. The normalized spacial score (nSPS) is 22.7. The molecule has 0 aromatic heterocycles. The van der Waals surface area contributed by atoms with Crippen LogP contribution in [-0.2, 0) is 4.79 Å². The van der Waals surface area contributed by atoms with E-state index in [9.17, 15) is 4.79 Å². The molecule has 0 bridgehead atoms. The first kappa shape index (κ1) is 12.4. The van der Waals surface area contributed by atoms with E-state index >= 15 is 0 Å². The number of carbonyl (C=O) groups is 1. The summed E-state index contributed by atoms with van der Waals surface area (Å²) in [7, 11) is 1.84. The minimum Gasteiger partial charge on any atom is -0.345 e. The molecule has 1 rings (SSSR count). The largest absolute Gasteiger partial charge is 0.345 e. The molecule has 1 fully saturated rings. The number of hydrogen-bond donors (Lipinski definition) is 2. The van der Waals surface area contributed by atoms with E-state index < -0.39 is 0 Å². The van der Waals surface area contributed by atoms with Crippen LogP contribution < -0.4 is 11.1 Å². The van der Waals surface area contributed by atoms with Crippen molar-refractivity contribution in [3.63, 3.8) is 0 Å². The van der Waals surface area contributed by atoms with Crippen LogP contribution in [0.5, 0.6) is 0 Å². The highest BCUT2D eigenvalue weighted by Gasteiger charge is 2.23. The van der Waals surface area contributed by atoms with Crippen LogP contribution in [0.15, 0.2) is 0 Å². The molecule has 0 spiro atoms. The molecular formula is C10H22N4O. The molecule has 0 aliphatic carbocycles. The molecular weight excluding hydrogens is 192 g/mol. The molecule has 1 saturated heterocycles. The van der Waals surface area contributed by atoms with Gasteiger partial charge in [-0.1, -0.05) is 0 Å². The molecule has 1 aliphatic heterocycles. The fourth-order valence-electron chi connectivity index (χ4n) is 1.71. The predicted molar refractivity (Wildman–Crippen MR) is 60.6 cm³/mol. The van der Waals surface area contributed by atoms with Crippen molar-refractivity contribution in [3.05, 3.63) is 0 Å². The lowest BCUT2D eigenvalue weighted by molar-refractivity contribution is -0.131. The van der Waals surface area contributed by atoms with Gasteiger partial charge in [0.05, 0.1) is 6.54 Å². The molecule has 15 heavy (non-hydrogen) atoms. The van der Waals surface area contributed by atoms with Crippen molar-refractivity contribution in [3.8, 4) is 0 Å². The van der Waals surface area contributed by atoms with Gasteiger partial charge in [-0.15, -0.1) is 0 Å². The van der Waals surface area contributed by atoms with Gasteiger partial charge in [-0.05, 0) is 6.92 Å². The smallest absolute Gasteiger partial charge is 0.236 e. The first-order chi connectivity index (χ1) is 7.19. The number of rotatable bonds is 4. The van der Waals surface area contributed by atoms with Crippen LogP contribution in [0.3, 0.4) is 0 Å². The third-order valence-corrected chi connectivity index (χ3v) is 2.98. The highest BCUT2D eigenvalue weighted by Crippen LogP contribution is 2.02. The molecule has 1 amide bonds. The Morgan fingerprint density at radius 1 is 1.67 bits per heavy atom. The van der Waals surface area contributed by atoms with E-state index in [-0.39, 0.29) is 5.91 Å². The Kier molecular flexibility index (Phi) is 5.01. The number of likely N-dealkylation sites (N-methyl/N-ethyl adjacent to an activating group) is 1. The van der Waals surface area contributed by atoms with Crippen molar-refractivity contribution in [2.24, 2.45) is 5.73 Å². The second-order valence-electron chi connectivity index (χ2n) is 3.97. The number of nitrogens with zero attached hydrogens (tertiary/aromatic N) is 2. The number of piperazine rings is 1. The van der Waals surface area contributed by atoms with Crippen molar-refractivity contribution in [2.45, 2.75) is 13.0 Å². The van der Waals surface area contributed by atoms with Gasteiger partial charge in [-0.2, -0.15) is 0 Å². The van der Waals surface area contributed by atoms with E-state index in [4.69, 9.17) is 5.73 Å². The van der Waals surface area contributed by atoms with Crippen LogP contribution in [0.4, 0.5) is 0 Å². The summed E-state index contributed by atoms with van der Waals surface area (Å²) in [4.78, 5) is 15.6. The average Bonchev–Trinajstić information content (AvgIpc) is 2.28. The maximum Gasteiger partial charge on any atom is 0.236 e. The Morgan fingerprint density at radius 3 is 3.00 bits per heavy atom. The van der Waals surface area contributed by atoms with Crippen molar-refractivity contribution in [2.75, 3.05) is 46.3 Å². The predicted octanol–water partition coefficient (Wildman–Crippen LogP) is -1.30.